The van der Waals surface area contributed by atoms with Crippen molar-refractivity contribution in [1.29, 1.82) is 0 Å². The van der Waals surface area contributed by atoms with E-state index in [9.17, 15) is 0 Å². The Bertz CT molecular complexity index is 1100. The number of benzene rings is 1. The zero-order valence-corrected chi connectivity index (χ0v) is 19.4. The minimum absolute atomic E-state index is 0.604. The molecule has 1 aromatic carbocycles. The van der Waals surface area contributed by atoms with E-state index in [1.807, 2.05) is 18.0 Å². The topological polar surface area (TPSA) is 70.2 Å². The molecule has 1 atom stereocenters. The monoisotopic (exact) mass is 450 g/mol. The zero-order valence-electron chi connectivity index (χ0n) is 18.6. The number of aromatic amines is 1. The summed E-state index contributed by atoms with van der Waals surface area (Å²) in [5.41, 5.74) is 3.30. The van der Waals surface area contributed by atoms with Gasteiger partial charge >= 0.3 is 0 Å². The summed E-state index contributed by atoms with van der Waals surface area (Å²) >= 11 is 2.02. The number of hydrogen-bond acceptors (Lipinski definition) is 7. The molecule has 2 saturated heterocycles. The highest BCUT2D eigenvalue weighted by Gasteiger charge is 2.33. The van der Waals surface area contributed by atoms with Gasteiger partial charge in [0.2, 0.25) is 0 Å². The molecular formula is C24H30N6OS. The summed E-state index contributed by atoms with van der Waals surface area (Å²) in [6.07, 6.45) is 6.84. The first-order valence-corrected chi connectivity index (χ1v) is 12.6. The van der Waals surface area contributed by atoms with E-state index in [1.165, 1.54) is 42.9 Å². The van der Waals surface area contributed by atoms with Crippen molar-refractivity contribution in [3.05, 3.63) is 30.1 Å². The predicted molar refractivity (Wildman–Crippen MR) is 128 cm³/mol. The number of likely N-dealkylation sites (tertiary alicyclic amines) is 1. The summed E-state index contributed by atoms with van der Waals surface area (Å²) in [6, 6.07) is 6.22. The van der Waals surface area contributed by atoms with E-state index in [4.69, 9.17) is 14.7 Å². The molecule has 1 N–H and O–H groups in total. The average Bonchev–Trinajstić information content (AvgIpc) is 3.47. The highest BCUT2D eigenvalue weighted by atomic mass is 32.2. The summed E-state index contributed by atoms with van der Waals surface area (Å²) < 4.78 is 5.62. The number of aromatic nitrogens is 4. The van der Waals surface area contributed by atoms with Crippen LogP contribution < -0.4 is 4.90 Å². The van der Waals surface area contributed by atoms with Crippen LogP contribution in [0.5, 0.6) is 0 Å². The van der Waals surface area contributed by atoms with Gasteiger partial charge in [0.1, 0.15) is 5.82 Å². The van der Waals surface area contributed by atoms with Crippen LogP contribution in [0.15, 0.2) is 29.3 Å². The number of thioether (sulfide) groups is 1. The second-order valence-electron chi connectivity index (χ2n) is 9.31. The Hall–Kier alpha value is -2.16. The third kappa shape index (κ3) is 3.89. The van der Waals surface area contributed by atoms with Gasteiger partial charge in [0, 0.05) is 35.7 Å². The average molecular weight is 451 g/mol. The van der Waals surface area contributed by atoms with Crippen molar-refractivity contribution in [1.82, 2.24) is 25.1 Å². The quantitative estimate of drug-likeness (QED) is 0.651. The van der Waals surface area contributed by atoms with Crippen molar-refractivity contribution in [2.75, 3.05) is 51.3 Å². The maximum Gasteiger partial charge on any atom is 0.162 e. The van der Waals surface area contributed by atoms with Gasteiger partial charge in [0.05, 0.1) is 35.5 Å². The number of morpholine rings is 1. The maximum absolute atomic E-state index is 5.62. The van der Waals surface area contributed by atoms with Crippen LogP contribution >= 0.6 is 11.8 Å². The minimum Gasteiger partial charge on any atom is -0.378 e. The lowest BCUT2D eigenvalue weighted by atomic mass is 9.91. The van der Waals surface area contributed by atoms with Crippen LogP contribution in [0, 0.1) is 5.92 Å². The molecule has 2 fully saturated rings. The summed E-state index contributed by atoms with van der Waals surface area (Å²) in [5.74, 6) is 2.75. The molecular weight excluding hydrogens is 420 g/mol. The summed E-state index contributed by atoms with van der Waals surface area (Å²) in [7, 11) is 2.24. The van der Waals surface area contributed by atoms with E-state index < -0.39 is 0 Å². The van der Waals surface area contributed by atoms with Crippen molar-refractivity contribution >= 4 is 28.5 Å². The van der Waals surface area contributed by atoms with Crippen molar-refractivity contribution in [3.63, 3.8) is 0 Å². The molecule has 0 aliphatic carbocycles. The predicted octanol–water partition coefficient (Wildman–Crippen LogP) is 3.61. The van der Waals surface area contributed by atoms with E-state index in [0.29, 0.717) is 5.25 Å². The van der Waals surface area contributed by atoms with Gasteiger partial charge in [-0.05, 0) is 51.4 Å². The van der Waals surface area contributed by atoms with E-state index in [0.717, 1.165) is 66.8 Å². The van der Waals surface area contributed by atoms with Crippen molar-refractivity contribution in [2.24, 2.45) is 5.92 Å². The Morgan fingerprint density at radius 1 is 1.12 bits per heavy atom. The van der Waals surface area contributed by atoms with Gasteiger partial charge in [0.15, 0.2) is 5.82 Å². The van der Waals surface area contributed by atoms with E-state index in [-0.39, 0.29) is 0 Å². The SMILES string of the molecule is CN1CCC(CC2Cc3nc(-c4cccc5[nH]ncc45)nc(N4CCOCC4)c3S2)CC1. The van der Waals surface area contributed by atoms with Gasteiger partial charge in [0.25, 0.3) is 0 Å². The second-order valence-corrected chi connectivity index (χ2v) is 10.6. The highest BCUT2D eigenvalue weighted by molar-refractivity contribution is 8.00. The first kappa shape index (κ1) is 20.4. The lowest BCUT2D eigenvalue weighted by Gasteiger charge is -2.30. The largest absolute Gasteiger partial charge is 0.378 e. The molecule has 0 spiro atoms. The molecule has 8 heteroatoms. The standard InChI is InChI=1S/C24H30N6OS/c1-29-7-5-16(6-8-29)13-17-14-21-22(32-17)24(30-9-11-31-12-10-30)27-23(26-21)18-3-2-4-20-19(18)15-25-28-20/h2-4,15-17H,5-14H2,1H3,(H,25,28). The lowest BCUT2D eigenvalue weighted by molar-refractivity contribution is 0.122. The minimum atomic E-state index is 0.604. The first-order chi connectivity index (χ1) is 15.7. The maximum atomic E-state index is 5.62. The number of nitrogens with zero attached hydrogens (tertiary/aromatic N) is 5. The van der Waals surface area contributed by atoms with Crippen LogP contribution in [0.3, 0.4) is 0 Å². The molecule has 5 heterocycles. The van der Waals surface area contributed by atoms with Gasteiger partial charge < -0.3 is 14.5 Å². The number of rotatable bonds is 4. The molecule has 1 unspecified atom stereocenters. The number of fused-ring (bicyclic) bond motifs is 2. The first-order valence-electron chi connectivity index (χ1n) is 11.8. The van der Waals surface area contributed by atoms with Crippen molar-refractivity contribution in [2.45, 2.75) is 35.8 Å². The molecule has 32 heavy (non-hydrogen) atoms. The molecule has 6 rings (SSSR count). The fourth-order valence-corrected chi connectivity index (χ4v) is 6.73. The fraction of sp³-hybridized carbons (Fsp3) is 0.542. The number of anilines is 1. The Balaban J connectivity index is 1.34. The number of nitrogens with one attached hydrogen (secondary N) is 1. The number of ether oxygens (including phenoxy) is 1. The normalized spacial score (nSPS) is 22.5. The van der Waals surface area contributed by atoms with Gasteiger partial charge in [-0.15, -0.1) is 11.8 Å². The molecule has 2 aromatic heterocycles. The Labute approximate surface area is 192 Å². The number of H-pyrrole nitrogens is 1. The van der Waals surface area contributed by atoms with Crippen LogP contribution in [0.4, 0.5) is 5.82 Å². The zero-order chi connectivity index (χ0) is 21.5. The molecule has 0 amide bonds. The second kappa shape index (κ2) is 8.65. The van der Waals surface area contributed by atoms with Crippen molar-refractivity contribution < 1.29 is 4.74 Å². The third-order valence-corrected chi connectivity index (χ3v) is 8.44. The van der Waals surface area contributed by atoms with Gasteiger partial charge in [-0.3, -0.25) is 5.10 Å². The van der Waals surface area contributed by atoms with E-state index in [2.05, 4.69) is 45.2 Å². The van der Waals surface area contributed by atoms with Crippen LogP contribution in [0.2, 0.25) is 0 Å². The van der Waals surface area contributed by atoms with E-state index >= 15 is 0 Å². The van der Waals surface area contributed by atoms with Crippen LogP contribution in [-0.4, -0.2) is 76.8 Å². The molecule has 3 aliphatic rings. The Morgan fingerprint density at radius 2 is 1.97 bits per heavy atom. The van der Waals surface area contributed by atoms with Crippen LogP contribution in [0.1, 0.15) is 25.0 Å². The third-order valence-electron chi connectivity index (χ3n) is 7.09. The molecule has 3 aliphatic heterocycles. The molecule has 3 aromatic rings. The Morgan fingerprint density at radius 3 is 2.81 bits per heavy atom. The smallest absolute Gasteiger partial charge is 0.162 e. The number of hydrogen-bond donors (Lipinski definition) is 1. The highest BCUT2D eigenvalue weighted by Crippen LogP contribution is 2.45. The number of piperidine rings is 1. The summed E-state index contributed by atoms with van der Waals surface area (Å²) in [5, 5.41) is 9.00. The molecule has 0 saturated carbocycles. The van der Waals surface area contributed by atoms with Gasteiger partial charge in [-0.25, -0.2) is 9.97 Å². The fourth-order valence-electron chi connectivity index (χ4n) is 5.24. The van der Waals surface area contributed by atoms with Crippen LogP contribution in [0.25, 0.3) is 22.3 Å². The van der Waals surface area contributed by atoms with Crippen molar-refractivity contribution in [3.8, 4) is 11.4 Å². The Kier molecular flexibility index (Phi) is 5.53. The molecule has 0 bridgehead atoms. The molecule has 7 nitrogen and oxygen atoms in total. The lowest BCUT2D eigenvalue weighted by Crippen LogP contribution is -2.37. The van der Waals surface area contributed by atoms with Gasteiger partial charge in [-0.2, -0.15) is 5.10 Å². The summed E-state index contributed by atoms with van der Waals surface area (Å²) in [4.78, 5) is 16.4. The molecule has 168 valence electrons. The molecule has 0 radical (unpaired) electrons. The van der Waals surface area contributed by atoms with Crippen LogP contribution in [-0.2, 0) is 11.2 Å². The van der Waals surface area contributed by atoms with E-state index in [1.54, 1.807) is 0 Å². The summed E-state index contributed by atoms with van der Waals surface area (Å²) in [6.45, 7) is 5.75. The van der Waals surface area contributed by atoms with Gasteiger partial charge in [-0.1, -0.05) is 12.1 Å².